The molecular weight excluding hydrogens is 156 g/mol. The van der Waals surface area contributed by atoms with Crippen molar-refractivity contribution in [2.24, 2.45) is 0 Å². The Morgan fingerprint density at radius 2 is 1.83 bits per heavy atom. The molecule has 70 valence electrons. The predicted octanol–water partition coefficient (Wildman–Crippen LogP) is 1.53. The monoisotopic (exact) mass is 172 g/mol. The van der Waals surface area contributed by atoms with Gasteiger partial charge in [-0.3, -0.25) is 4.79 Å². The molecule has 0 aromatic heterocycles. The van der Waals surface area contributed by atoms with Crippen molar-refractivity contribution in [2.75, 3.05) is 13.2 Å². The molecule has 12 heavy (non-hydrogen) atoms. The molecule has 0 aliphatic rings. The third-order valence-corrected chi connectivity index (χ3v) is 1.25. The number of rotatable bonds is 7. The maximum absolute atomic E-state index is 9.93. The minimum atomic E-state index is -0.212. The van der Waals surface area contributed by atoms with Gasteiger partial charge < -0.3 is 9.47 Å². The molecule has 0 unspecified atom stereocenters. The van der Waals surface area contributed by atoms with Crippen LogP contribution in [0.1, 0.15) is 20.3 Å². The molecule has 0 saturated heterocycles. The average molecular weight is 172 g/mol. The average Bonchev–Trinajstić information content (AvgIpc) is 2.06. The summed E-state index contributed by atoms with van der Waals surface area (Å²) < 4.78 is 10.5. The first-order valence-corrected chi connectivity index (χ1v) is 4.18. The second-order valence-electron chi connectivity index (χ2n) is 2.14. The zero-order valence-corrected chi connectivity index (χ0v) is 7.66. The first kappa shape index (κ1) is 11.3. The number of aldehydes is 1. The SMILES string of the molecule is CCOC(CC=CC=O)OCC. The summed E-state index contributed by atoms with van der Waals surface area (Å²) in [6, 6.07) is 0. The molecule has 0 spiro atoms. The molecule has 0 radical (unpaired) electrons. The van der Waals surface area contributed by atoms with Crippen molar-refractivity contribution in [3.8, 4) is 0 Å². The van der Waals surface area contributed by atoms with Crippen LogP contribution in [0.25, 0.3) is 0 Å². The molecular formula is C9H16O3. The van der Waals surface area contributed by atoms with Crippen molar-refractivity contribution in [1.82, 2.24) is 0 Å². The normalized spacial score (nSPS) is 11.2. The van der Waals surface area contributed by atoms with E-state index in [0.29, 0.717) is 19.6 Å². The minimum absolute atomic E-state index is 0.212. The van der Waals surface area contributed by atoms with Crippen LogP contribution in [0, 0.1) is 0 Å². The van der Waals surface area contributed by atoms with Gasteiger partial charge in [-0.15, -0.1) is 0 Å². The molecule has 0 aromatic carbocycles. The van der Waals surface area contributed by atoms with Gasteiger partial charge in [-0.05, 0) is 19.9 Å². The molecule has 0 N–H and O–H groups in total. The quantitative estimate of drug-likeness (QED) is 0.332. The Kier molecular flexibility index (Phi) is 7.96. The lowest BCUT2D eigenvalue weighted by Gasteiger charge is -2.14. The molecule has 0 heterocycles. The largest absolute Gasteiger partial charge is 0.353 e. The van der Waals surface area contributed by atoms with Crippen LogP contribution in [-0.2, 0) is 14.3 Å². The van der Waals surface area contributed by atoms with Gasteiger partial charge in [-0.25, -0.2) is 0 Å². The van der Waals surface area contributed by atoms with E-state index < -0.39 is 0 Å². The second-order valence-corrected chi connectivity index (χ2v) is 2.14. The summed E-state index contributed by atoms with van der Waals surface area (Å²) in [4.78, 5) is 9.93. The van der Waals surface area contributed by atoms with Gasteiger partial charge in [-0.1, -0.05) is 6.08 Å². The number of allylic oxidation sites excluding steroid dienone is 1. The molecule has 0 saturated carbocycles. The Hall–Kier alpha value is -0.670. The van der Waals surface area contributed by atoms with Crippen LogP contribution in [0.4, 0.5) is 0 Å². The highest BCUT2D eigenvalue weighted by Crippen LogP contribution is 2.01. The lowest BCUT2D eigenvalue weighted by molar-refractivity contribution is -0.133. The molecule has 0 fully saturated rings. The minimum Gasteiger partial charge on any atom is -0.353 e. The second kappa shape index (κ2) is 8.43. The third-order valence-electron chi connectivity index (χ3n) is 1.25. The first-order valence-electron chi connectivity index (χ1n) is 4.18. The maximum atomic E-state index is 9.93. The van der Waals surface area contributed by atoms with E-state index in [1.165, 1.54) is 6.08 Å². The lowest BCUT2D eigenvalue weighted by atomic mass is 10.4. The summed E-state index contributed by atoms with van der Waals surface area (Å²) in [5.41, 5.74) is 0. The number of carbonyl (C=O) groups excluding carboxylic acids is 1. The Morgan fingerprint density at radius 1 is 1.25 bits per heavy atom. The molecule has 0 aliphatic heterocycles. The summed E-state index contributed by atoms with van der Waals surface area (Å²) in [5.74, 6) is 0. The fourth-order valence-corrected chi connectivity index (χ4v) is 0.801. The van der Waals surface area contributed by atoms with E-state index in [2.05, 4.69) is 0 Å². The van der Waals surface area contributed by atoms with E-state index in [-0.39, 0.29) is 6.29 Å². The summed E-state index contributed by atoms with van der Waals surface area (Å²) in [6.45, 7) is 5.07. The lowest BCUT2D eigenvalue weighted by Crippen LogP contribution is -2.16. The number of hydrogen-bond acceptors (Lipinski definition) is 3. The number of hydrogen-bond donors (Lipinski definition) is 0. The van der Waals surface area contributed by atoms with Crippen LogP contribution in [0.2, 0.25) is 0 Å². The van der Waals surface area contributed by atoms with Crippen molar-refractivity contribution >= 4 is 6.29 Å². The van der Waals surface area contributed by atoms with Crippen molar-refractivity contribution in [3.05, 3.63) is 12.2 Å². The molecule has 0 amide bonds. The van der Waals surface area contributed by atoms with Gasteiger partial charge in [0.25, 0.3) is 0 Å². The highest BCUT2D eigenvalue weighted by Gasteiger charge is 2.03. The highest BCUT2D eigenvalue weighted by atomic mass is 16.7. The van der Waals surface area contributed by atoms with Gasteiger partial charge in [0, 0.05) is 19.6 Å². The molecule has 0 rings (SSSR count). The van der Waals surface area contributed by atoms with E-state index in [9.17, 15) is 4.79 Å². The van der Waals surface area contributed by atoms with Gasteiger partial charge in [-0.2, -0.15) is 0 Å². The van der Waals surface area contributed by atoms with Gasteiger partial charge in [0.15, 0.2) is 6.29 Å². The zero-order chi connectivity index (χ0) is 9.23. The number of ether oxygens (including phenoxy) is 2. The van der Waals surface area contributed by atoms with Crippen LogP contribution >= 0.6 is 0 Å². The van der Waals surface area contributed by atoms with Crippen molar-refractivity contribution in [2.45, 2.75) is 26.6 Å². The van der Waals surface area contributed by atoms with Gasteiger partial charge in [0.05, 0.1) is 0 Å². The summed E-state index contributed by atoms with van der Waals surface area (Å²) in [5, 5.41) is 0. The highest BCUT2D eigenvalue weighted by molar-refractivity contribution is 5.64. The van der Waals surface area contributed by atoms with E-state index >= 15 is 0 Å². The fraction of sp³-hybridized carbons (Fsp3) is 0.667. The molecule has 0 aromatic rings. The van der Waals surface area contributed by atoms with Crippen LogP contribution in [0.3, 0.4) is 0 Å². The predicted molar refractivity (Wildman–Crippen MR) is 46.9 cm³/mol. The van der Waals surface area contributed by atoms with Crippen LogP contribution in [0.15, 0.2) is 12.2 Å². The molecule has 3 heteroatoms. The first-order chi connectivity index (χ1) is 5.85. The van der Waals surface area contributed by atoms with Crippen molar-refractivity contribution in [1.29, 1.82) is 0 Å². The van der Waals surface area contributed by atoms with E-state index in [1.807, 2.05) is 13.8 Å². The van der Waals surface area contributed by atoms with E-state index in [1.54, 1.807) is 6.08 Å². The zero-order valence-electron chi connectivity index (χ0n) is 7.66. The fourth-order valence-electron chi connectivity index (χ4n) is 0.801. The topological polar surface area (TPSA) is 35.5 Å². The van der Waals surface area contributed by atoms with E-state index in [0.717, 1.165) is 6.29 Å². The standard InChI is InChI=1S/C9H16O3/c1-3-11-9(12-4-2)7-5-6-8-10/h5-6,8-9H,3-4,7H2,1-2H3. The van der Waals surface area contributed by atoms with Gasteiger partial charge in [0.1, 0.15) is 6.29 Å². The summed E-state index contributed by atoms with van der Waals surface area (Å²) in [6.07, 6.45) is 4.35. The maximum Gasteiger partial charge on any atom is 0.160 e. The Morgan fingerprint density at radius 3 is 2.25 bits per heavy atom. The summed E-state index contributed by atoms with van der Waals surface area (Å²) >= 11 is 0. The molecule has 0 atom stereocenters. The Balaban J connectivity index is 3.61. The van der Waals surface area contributed by atoms with Crippen LogP contribution in [0.5, 0.6) is 0 Å². The number of carbonyl (C=O) groups is 1. The Bertz CT molecular complexity index is 126. The van der Waals surface area contributed by atoms with Crippen molar-refractivity contribution < 1.29 is 14.3 Å². The van der Waals surface area contributed by atoms with E-state index in [4.69, 9.17) is 9.47 Å². The molecule has 0 aliphatic carbocycles. The molecule has 3 nitrogen and oxygen atoms in total. The van der Waals surface area contributed by atoms with Crippen molar-refractivity contribution in [3.63, 3.8) is 0 Å². The van der Waals surface area contributed by atoms with Crippen LogP contribution < -0.4 is 0 Å². The van der Waals surface area contributed by atoms with Crippen LogP contribution in [-0.4, -0.2) is 25.8 Å². The Labute approximate surface area is 73.4 Å². The smallest absolute Gasteiger partial charge is 0.160 e. The van der Waals surface area contributed by atoms with Gasteiger partial charge in [0.2, 0.25) is 0 Å². The third kappa shape index (κ3) is 6.07. The van der Waals surface area contributed by atoms with Gasteiger partial charge >= 0.3 is 0 Å². The summed E-state index contributed by atoms with van der Waals surface area (Å²) in [7, 11) is 0. The molecule has 0 bridgehead atoms.